The van der Waals surface area contributed by atoms with E-state index in [-0.39, 0.29) is 0 Å². The first-order chi connectivity index (χ1) is 14.7. The molecule has 2 aromatic carbocycles. The zero-order valence-corrected chi connectivity index (χ0v) is 17.9. The van der Waals surface area contributed by atoms with Crippen LogP contribution < -0.4 is 15.4 Å². The van der Waals surface area contributed by atoms with E-state index in [9.17, 15) is 0 Å². The lowest BCUT2D eigenvalue weighted by molar-refractivity contribution is 0.172. The van der Waals surface area contributed by atoms with Crippen LogP contribution in [0.2, 0.25) is 5.02 Å². The number of hydrogen-bond acceptors (Lipinski definition) is 4. The predicted octanol–water partition coefficient (Wildman–Crippen LogP) is 4.13. The zero-order valence-electron chi connectivity index (χ0n) is 17.1. The molecule has 0 aliphatic carbocycles. The van der Waals surface area contributed by atoms with Crippen molar-refractivity contribution in [3.05, 3.63) is 71.5 Å². The first-order valence-corrected chi connectivity index (χ1v) is 10.0. The minimum atomic E-state index is 0.584. The molecule has 0 aliphatic heterocycles. The molecule has 158 valence electrons. The van der Waals surface area contributed by atoms with Crippen molar-refractivity contribution in [2.24, 2.45) is 4.99 Å². The molecule has 30 heavy (non-hydrogen) atoms. The third-order valence-corrected chi connectivity index (χ3v) is 4.52. The summed E-state index contributed by atoms with van der Waals surface area (Å²) in [5.41, 5.74) is 2.88. The molecule has 3 rings (SSSR count). The highest BCUT2D eigenvalue weighted by molar-refractivity contribution is 6.30. The predicted molar refractivity (Wildman–Crippen MR) is 121 cm³/mol. The Kier molecular flexibility index (Phi) is 8.11. The molecular formula is C22H26ClN5O2. The van der Waals surface area contributed by atoms with Gasteiger partial charge in [0.15, 0.2) is 5.96 Å². The number of aliphatic imine (C=N–C) groups is 1. The summed E-state index contributed by atoms with van der Waals surface area (Å²) in [6.45, 7) is 1.88. The number of halogens is 1. The SMILES string of the molecule is CN=C(NCc1cnn(-c2ccc(Cl)cc2)c1)Nc1cccc(OCCCOC)c1. The molecule has 0 bridgehead atoms. The molecule has 3 aromatic rings. The third kappa shape index (κ3) is 6.50. The second-order valence-electron chi connectivity index (χ2n) is 6.54. The van der Waals surface area contributed by atoms with E-state index in [1.54, 1.807) is 14.2 Å². The lowest BCUT2D eigenvalue weighted by Gasteiger charge is -2.12. The maximum atomic E-state index is 5.95. The lowest BCUT2D eigenvalue weighted by atomic mass is 10.3. The number of nitrogens with zero attached hydrogens (tertiary/aromatic N) is 3. The fourth-order valence-corrected chi connectivity index (χ4v) is 2.87. The fraction of sp³-hybridized carbons (Fsp3) is 0.273. The van der Waals surface area contributed by atoms with Gasteiger partial charge in [-0.1, -0.05) is 17.7 Å². The molecule has 0 unspecified atom stereocenters. The summed E-state index contributed by atoms with van der Waals surface area (Å²) in [7, 11) is 3.42. The summed E-state index contributed by atoms with van der Waals surface area (Å²) in [5, 5.41) is 11.7. The van der Waals surface area contributed by atoms with Crippen molar-refractivity contribution < 1.29 is 9.47 Å². The quantitative estimate of drug-likeness (QED) is 0.305. The van der Waals surface area contributed by atoms with Crippen LogP contribution in [0, 0.1) is 0 Å². The van der Waals surface area contributed by atoms with Crippen LogP contribution in [0.4, 0.5) is 5.69 Å². The molecule has 0 spiro atoms. The monoisotopic (exact) mass is 427 g/mol. The van der Waals surface area contributed by atoms with Crippen molar-refractivity contribution in [1.29, 1.82) is 0 Å². The number of nitrogens with one attached hydrogen (secondary N) is 2. The molecule has 2 N–H and O–H groups in total. The van der Waals surface area contributed by atoms with Crippen molar-refractivity contribution in [2.75, 3.05) is 32.7 Å². The maximum Gasteiger partial charge on any atom is 0.195 e. The minimum absolute atomic E-state index is 0.584. The maximum absolute atomic E-state index is 5.95. The standard InChI is InChI=1S/C22H26ClN5O2/c1-24-22(27-19-5-3-6-21(13-19)30-12-4-11-29-2)25-14-17-15-26-28(16-17)20-9-7-18(23)8-10-20/h3,5-10,13,15-16H,4,11-12,14H2,1-2H3,(H2,24,25,27). The van der Waals surface area contributed by atoms with E-state index in [0.29, 0.717) is 30.7 Å². The zero-order chi connectivity index (χ0) is 21.2. The Morgan fingerprint density at radius 2 is 2.00 bits per heavy atom. The van der Waals surface area contributed by atoms with Crippen molar-refractivity contribution in [1.82, 2.24) is 15.1 Å². The number of hydrogen-bond donors (Lipinski definition) is 2. The molecule has 0 aliphatic rings. The van der Waals surface area contributed by atoms with Gasteiger partial charge in [0.2, 0.25) is 0 Å². The molecule has 0 saturated heterocycles. The van der Waals surface area contributed by atoms with Crippen molar-refractivity contribution in [3.63, 3.8) is 0 Å². The molecule has 7 nitrogen and oxygen atoms in total. The Morgan fingerprint density at radius 3 is 2.77 bits per heavy atom. The fourth-order valence-electron chi connectivity index (χ4n) is 2.74. The van der Waals surface area contributed by atoms with Gasteiger partial charge in [0.25, 0.3) is 0 Å². The molecule has 0 amide bonds. The van der Waals surface area contributed by atoms with E-state index < -0.39 is 0 Å². The van der Waals surface area contributed by atoms with E-state index in [1.807, 2.05) is 65.6 Å². The van der Waals surface area contributed by atoms with Crippen LogP contribution in [-0.2, 0) is 11.3 Å². The largest absolute Gasteiger partial charge is 0.493 e. The molecule has 8 heteroatoms. The third-order valence-electron chi connectivity index (χ3n) is 4.27. The Hall–Kier alpha value is -3.03. The molecule has 1 heterocycles. The van der Waals surface area contributed by atoms with Gasteiger partial charge < -0.3 is 20.1 Å². The highest BCUT2D eigenvalue weighted by Gasteiger charge is 2.05. The van der Waals surface area contributed by atoms with Crippen molar-refractivity contribution in [3.8, 4) is 11.4 Å². The van der Waals surface area contributed by atoms with Gasteiger partial charge in [-0.25, -0.2) is 4.68 Å². The van der Waals surface area contributed by atoms with E-state index in [4.69, 9.17) is 21.1 Å². The molecule has 1 aromatic heterocycles. The number of benzene rings is 2. The van der Waals surface area contributed by atoms with Crippen LogP contribution in [-0.4, -0.2) is 43.1 Å². The average Bonchev–Trinajstić information content (AvgIpc) is 3.24. The molecule has 0 saturated carbocycles. The van der Waals surface area contributed by atoms with Crippen LogP contribution in [0.3, 0.4) is 0 Å². The van der Waals surface area contributed by atoms with Crippen LogP contribution in [0.5, 0.6) is 5.75 Å². The summed E-state index contributed by atoms with van der Waals surface area (Å²) in [6.07, 6.45) is 4.64. The first kappa shape index (κ1) is 21.7. The topological polar surface area (TPSA) is 72.7 Å². The molecule has 0 radical (unpaired) electrons. The number of aromatic nitrogens is 2. The number of guanidine groups is 1. The van der Waals surface area contributed by atoms with Crippen LogP contribution >= 0.6 is 11.6 Å². The summed E-state index contributed by atoms with van der Waals surface area (Å²) in [4.78, 5) is 4.28. The van der Waals surface area contributed by atoms with E-state index >= 15 is 0 Å². The summed E-state index contributed by atoms with van der Waals surface area (Å²) < 4.78 is 12.6. The van der Waals surface area contributed by atoms with E-state index in [2.05, 4.69) is 20.7 Å². The van der Waals surface area contributed by atoms with Gasteiger partial charge in [-0.3, -0.25) is 4.99 Å². The van der Waals surface area contributed by atoms with Crippen molar-refractivity contribution in [2.45, 2.75) is 13.0 Å². The molecule has 0 fully saturated rings. The molecular weight excluding hydrogens is 402 g/mol. The van der Waals surface area contributed by atoms with Gasteiger partial charge >= 0.3 is 0 Å². The van der Waals surface area contributed by atoms with Gasteiger partial charge in [0.1, 0.15) is 5.75 Å². The number of ether oxygens (including phenoxy) is 2. The van der Waals surface area contributed by atoms with Gasteiger partial charge in [0, 0.05) is 62.3 Å². The smallest absolute Gasteiger partial charge is 0.195 e. The Morgan fingerprint density at radius 1 is 1.17 bits per heavy atom. The Labute approximate surface area is 181 Å². The van der Waals surface area contributed by atoms with Crippen LogP contribution in [0.15, 0.2) is 65.9 Å². The van der Waals surface area contributed by atoms with Crippen LogP contribution in [0.1, 0.15) is 12.0 Å². The number of anilines is 1. The summed E-state index contributed by atoms with van der Waals surface area (Å²) >= 11 is 5.95. The van der Waals surface area contributed by atoms with Crippen LogP contribution in [0.25, 0.3) is 5.69 Å². The Balaban J connectivity index is 1.53. The van der Waals surface area contributed by atoms with Gasteiger partial charge in [0.05, 0.1) is 18.5 Å². The van der Waals surface area contributed by atoms with Gasteiger partial charge in [-0.05, 0) is 36.4 Å². The molecule has 0 atom stereocenters. The van der Waals surface area contributed by atoms with E-state index in [1.165, 1.54) is 0 Å². The van der Waals surface area contributed by atoms with E-state index in [0.717, 1.165) is 29.1 Å². The minimum Gasteiger partial charge on any atom is -0.493 e. The average molecular weight is 428 g/mol. The normalized spacial score (nSPS) is 11.4. The van der Waals surface area contributed by atoms with Gasteiger partial charge in [-0.15, -0.1) is 0 Å². The van der Waals surface area contributed by atoms with Gasteiger partial charge in [-0.2, -0.15) is 5.10 Å². The van der Waals surface area contributed by atoms with Crippen molar-refractivity contribution >= 4 is 23.2 Å². The summed E-state index contributed by atoms with van der Waals surface area (Å²) in [6, 6.07) is 15.3. The second-order valence-corrected chi connectivity index (χ2v) is 6.98. The highest BCUT2D eigenvalue weighted by atomic mass is 35.5. The first-order valence-electron chi connectivity index (χ1n) is 9.67. The summed E-state index contributed by atoms with van der Waals surface area (Å²) in [5.74, 6) is 1.46. The highest BCUT2D eigenvalue weighted by Crippen LogP contribution is 2.18. The number of rotatable bonds is 9. The number of methoxy groups -OCH3 is 1. The second kappa shape index (κ2) is 11.2. The Bertz CT molecular complexity index is 956. The lowest BCUT2D eigenvalue weighted by Crippen LogP contribution is -2.30.